The molecule has 2 aliphatic rings. The van der Waals surface area contributed by atoms with Crippen molar-refractivity contribution in [1.82, 2.24) is 10.6 Å². The van der Waals surface area contributed by atoms with Gasteiger partial charge in [0.25, 0.3) is 0 Å². The molecule has 2 fully saturated rings. The van der Waals surface area contributed by atoms with Gasteiger partial charge < -0.3 is 15.7 Å². The first-order valence-corrected chi connectivity index (χ1v) is 11.4. The van der Waals surface area contributed by atoms with Gasteiger partial charge in [-0.1, -0.05) is 43.2 Å². The highest BCUT2D eigenvalue weighted by molar-refractivity contribution is 5.88. The van der Waals surface area contributed by atoms with Crippen molar-refractivity contribution in [2.24, 2.45) is 17.8 Å². The summed E-state index contributed by atoms with van der Waals surface area (Å²) < 4.78 is 41.3. The minimum atomic E-state index is -5.09. The number of hydrogen-bond acceptors (Lipinski definition) is 5. The van der Waals surface area contributed by atoms with Crippen molar-refractivity contribution < 1.29 is 32.7 Å². The van der Waals surface area contributed by atoms with Gasteiger partial charge in [-0.3, -0.25) is 14.4 Å². The molecule has 2 amide bonds. The molecule has 1 saturated carbocycles. The second kappa shape index (κ2) is 10.6. The van der Waals surface area contributed by atoms with Gasteiger partial charge in [-0.05, 0) is 30.7 Å². The molecule has 3 rings (SSSR count). The van der Waals surface area contributed by atoms with E-state index in [1.165, 1.54) is 18.2 Å². The number of hydrogen-bond donors (Lipinski definition) is 3. The molecule has 10 heteroatoms. The average Bonchev–Trinajstić information content (AvgIpc) is 3.52. The van der Waals surface area contributed by atoms with E-state index in [9.17, 15) is 37.9 Å². The predicted octanol–water partition coefficient (Wildman–Crippen LogP) is 2.74. The molecule has 0 bridgehead atoms. The van der Waals surface area contributed by atoms with E-state index in [2.05, 4.69) is 10.6 Å². The Labute approximate surface area is 195 Å². The van der Waals surface area contributed by atoms with E-state index < -0.39 is 59.8 Å². The number of nitrogens with zero attached hydrogens (tertiary/aromatic N) is 1. The summed E-state index contributed by atoms with van der Waals surface area (Å²) in [5.41, 5.74) is -3.81. The maximum absolute atomic E-state index is 13.8. The normalized spacial score (nSPS) is 21.6. The number of alkyl halides is 3. The van der Waals surface area contributed by atoms with Crippen molar-refractivity contribution in [3.05, 3.63) is 35.9 Å². The van der Waals surface area contributed by atoms with Crippen LogP contribution < -0.4 is 10.6 Å². The molecule has 184 valence electrons. The lowest BCUT2D eigenvalue weighted by molar-refractivity contribution is -0.267. The summed E-state index contributed by atoms with van der Waals surface area (Å²) in [7, 11) is 0. The minimum absolute atomic E-state index is 0.125. The highest BCUT2D eigenvalue weighted by atomic mass is 19.4. The first-order chi connectivity index (χ1) is 16.0. The van der Waals surface area contributed by atoms with Crippen molar-refractivity contribution in [1.29, 1.82) is 5.26 Å². The summed E-state index contributed by atoms with van der Waals surface area (Å²) in [4.78, 5) is 37.4. The molecule has 0 aromatic heterocycles. The standard InChI is InChI=1S/C24H28F3N3O4/c25-24(26,27)23(34,18-4-2-1-3-5-18)13-20(31)12-17(10-15-6-7-15)22(33)30-19(14-28)11-16-8-9-29-21(16)32/h1-5,15-17,19,34H,6-13H2,(H,29,32)(H,30,33). The van der Waals surface area contributed by atoms with Gasteiger partial charge in [-0.2, -0.15) is 18.4 Å². The predicted molar refractivity (Wildman–Crippen MR) is 115 cm³/mol. The van der Waals surface area contributed by atoms with Crippen molar-refractivity contribution in [2.45, 2.75) is 62.8 Å². The fraction of sp³-hybridized carbons (Fsp3) is 0.583. The molecule has 1 aromatic carbocycles. The Morgan fingerprint density at radius 1 is 1.18 bits per heavy atom. The lowest BCUT2D eigenvalue weighted by Gasteiger charge is -2.31. The molecule has 0 spiro atoms. The second-order valence-electron chi connectivity index (χ2n) is 9.22. The van der Waals surface area contributed by atoms with E-state index >= 15 is 0 Å². The summed E-state index contributed by atoms with van der Waals surface area (Å²) in [6, 6.07) is 7.39. The Morgan fingerprint density at radius 2 is 1.85 bits per heavy atom. The molecular weight excluding hydrogens is 451 g/mol. The molecule has 1 saturated heterocycles. The van der Waals surface area contributed by atoms with Gasteiger partial charge >= 0.3 is 6.18 Å². The fourth-order valence-electron chi connectivity index (χ4n) is 4.34. The van der Waals surface area contributed by atoms with Gasteiger partial charge in [-0.25, -0.2) is 0 Å². The number of nitriles is 1. The van der Waals surface area contributed by atoms with Crippen LogP contribution in [0.25, 0.3) is 0 Å². The molecule has 1 heterocycles. The zero-order chi connectivity index (χ0) is 24.9. The van der Waals surface area contributed by atoms with Crippen LogP contribution in [-0.4, -0.2) is 41.5 Å². The average molecular weight is 479 g/mol. The van der Waals surface area contributed by atoms with Gasteiger partial charge in [-0.15, -0.1) is 0 Å². The number of Topliss-reactive ketones (excluding diaryl/α,β-unsaturated/α-hetero) is 1. The number of halogens is 3. The number of benzene rings is 1. The Hall–Kier alpha value is -2.93. The minimum Gasteiger partial charge on any atom is -0.376 e. The van der Waals surface area contributed by atoms with Gasteiger partial charge in [0.1, 0.15) is 11.8 Å². The number of nitrogens with one attached hydrogen (secondary N) is 2. The molecule has 7 nitrogen and oxygen atoms in total. The Kier molecular flexibility index (Phi) is 7.97. The van der Waals surface area contributed by atoms with Crippen molar-refractivity contribution in [2.75, 3.05) is 6.54 Å². The largest absolute Gasteiger partial charge is 0.421 e. The molecular formula is C24H28F3N3O4. The van der Waals surface area contributed by atoms with E-state index in [1.54, 1.807) is 0 Å². The Balaban J connectivity index is 1.68. The number of amides is 2. The number of carbonyl (C=O) groups excluding carboxylic acids is 3. The van der Waals surface area contributed by atoms with Crippen LogP contribution in [0.1, 0.15) is 50.5 Å². The van der Waals surface area contributed by atoms with Crippen LogP contribution in [0.15, 0.2) is 30.3 Å². The quantitative estimate of drug-likeness (QED) is 0.451. The first-order valence-electron chi connectivity index (χ1n) is 11.4. The molecule has 4 unspecified atom stereocenters. The smallest absolute Gasteiger partial charge is 0.376 e. The maximum Gasteiger partial charge on any atom is 0.421 e. The summed E-state index contributed by atoms with van der Waals surface area (Å²) >= 11 is 0. The fourth-order valence-corrected chi connectivity index (χ4v) is 4.34. The third kappa shape index (κ3) is 6.35. The summed E-state index contributed by atoms with van der Waals surface area (Å²) in [5, 5.41) is 25.1. The lowest BCUT2D eigenvalue weighted by atomic mass is 9.84. The summed E-state index contributed by atoms with van der Waals surface area (Å²) in [5.74, 6) is -2.80. The molecule has 34 heavy (non-hydrogen) atoms. The van der Waals surface area contributed by atoms with Crippen LogP contribution in [-0.2, 0) is 20.0 Å². The molecule has 0 radical (unpaired) electrons. The van der Waals surface area contributed by atoms with Crippen LogP contribution in [0.2, 0.25) is 0 Å². The van der Waals surface area contributed by atoms with E-state index in [0.717, 1.165) is 25.0 Å². The topological polar surface area (TPSA) is 119 Å². The zero-order valence-electron chi connectivity index (χ0n) is 18.6. The Morgan fingerprint density at radius 3 is 2.38 bits per heavy atom. The van der Waals surface area contributed by atoms with Crippen LogP contribution in [0.4, 0.5) is 13.2 Å². The third-order valence-electron chi connectivity index (χ3n) is 6.49. The SMILES string of the molecule is N#CC(CC1CCNC1=O)NC(=O)C(CC(=O)CC(O)(c1ccccc1)C(F)(F)F)CC1CC1. The summed E-state index contributed by atoms with van der Waals surface area (Å²) in [6.45, 7) is 0.498. The Bertz CT molecular complexity index is 943. The van der Waals surface area contributed by atoms with Crippen molar-refractivity contribution in [3.63, 3.8) is 0 Å². The third-order valence-corrected chi connectivity index (χ3v) is 6.49. The molecule has 1 aliphatic carbocycles. The first kappa shape index (κ1) is 25.7. The van der Waals surface area contributed by atoms with Crippen LogP contribution in [0.3, 0.4) is 0 Å². The number of rotatable bonds is 11. The van der Waals surface area contributed by atoms with E-state index in [0.29, 0.717) is 19.4 Å². The molecule has 1 aliphatic heterocycles. The molecule has 4 atom stereocenters. The van der Waals surface area contributed by atoms with Crippen molar-refractivity contribution in [3.8, 4) is 6.07 Å². The molecule has 3 N–H and O–H groups in total. The lowest BCUT2D eigenvalue weighted by Crippen LogP contribution is -2.45. The van der Waals surface area contributed by atoms with Crippen LogP contribution >= 0.6 is 0 Å². The van der Waals surface area contributed by atoms with E-state index in [1.807, 2.05) is 6.07 Å². The molecule has 1 aromatic rings. The zero-order valence-corrected chi connectivity index (χ0v) is 18.6. The highest BCUT2D eigenvalue weighted by Crippen LogP contribution is 2.43. The van der Waals surface area contributed by atoms with Crippen LogP contribution in [0.5, 0.6) is 0 Å². The number of carbonyl (C=O) groups is 3. The van der Waals surface area contributed by atoms with Crippen LogP contribution in [0, 0.1) is 29.1 Å². The van der Waals surface area contributed by atoms with E-state index in [-0.39, 0.29) is 18.2 Å². The van der Waals surface area contributed by atoms with Gasteiger partial charge in [0.05, 0.1) is 6.07 Å². The van der Waals surface area contributed by atoms with Gasteiger partial charge in [0.15, 0.2) is 5.60 Å². The summed E-state index contributed by atoms with van der Waals surface area (Å²) in [6.07, 6.45) is -4.07. The second-order valence-corrected chi connectivity index (χ2v) is 9.22. The van der Waals surface area contributed by atoms with E-state index in [4.69, 9.17) is 0 Å². The maximum atomic E-state index is 13.8. The highest BCUT2D eigenvalue weighted by Gasteiger charge is 2.56. The van der Waals surface area contributed by atoms with Gasteiger partial charge in [0.2, 0.25) is 11.8 Å². The van der Waals surface area contributed by atoms with Gasteiger partial charge in [0, 0.05) is 31.2 Å². The number of ketones is 1. The van der Waals surface area contributed by atoms with Crippen molar-refractivity contribution >= 4 is 17.6 Å². The monoisotopic (exact) mass is 479 g/mol. The number of aliphatic hydroxyl groups is 1.